The monoisotopic (exact) mass is 258 g/mol. The van der Waals surface area contributed by atoms with Crippen molar-refractivity contribution in [3.8, 4) is 0 Å². The van der Waals surface area contributed by atoms with Crippen LogP contribution in [0.15, 0.2) is 0 Å². The Bertz CT molecular complexity index is 192. The van der Waals surface area contributed by atoms with E-state index in [0.29, 0.717) is 0 Å². The molecule has 0 spiro atoms. The summed E-state index contributed by atoms with van der Waals surface area (Å²) in [5.41, 5.74) is 0.0798. The number of unbranched alkanes of at least 4 members (excludes halogenated alkanes) is 5. The van der Waals surface area contributed by atoms with Gasteiger partial charge in [0.15, 0.2) is 6.29 Å². The van der Waals surface area contributed by atoms with Gasteiger partial charge < -0.3 is 10.2 Å². The fourth-order valence-corrected chi connectivity index (χ4v) is 2.65. The first-order valence-corrected chi connectivity index (χ1v) is 7.84. The fourth-order valence-electron chi connectivity index (χ4n) is 2.65. The van der Waals surface area contributed by atoms with Gasteiger partial charge in [0.1, 0.15) is 0 Å². The van der Waals surface area contributed by atoms with E-state index in [2.05, 4.69) is 20.8 Å². The molecule has 0 saturated carbocycles. The van der Waals surface area contributed by atoms with E-state index >= 15 is 0 Å². The third-order valence-electron chi connectivity index (χ3n) is 4.50. The molecule has 0 aromatic carbocycles. The van der Waals surface area contributed by atoms with Crippen molar-refractivity contribution in [2.75, 3.05) is 0 Å². The first-order valence-electron chi connectivity index (χ1n) is 7.84. The van der Waals surface area contributed by atoms with Gasteiger partial charge in [-0.2, -0.15) is 0 Å². The maximum Gasteiger partial charge on any atom is 0.154 e. The maximum absolute atomic E-state index is 9.45. The quantitative estimate of drug-likeness (QED) is 0.423. The van der Waals surface area contributed by atoms with Gasteiger partial charge in [0.2, 0.25) is 0 Å². The molecular weight excluding hydrogens is 224 g/mol. The Morgan fingerprint density at radius 1 is 0.833 bits per heavy atom. The van der Waals surface area contributed by atoms with Gasteiger partial charge in [0, 0.05) is 5.92 Å². The molecule has 1 unspecified atom stereocenters. The van der Waals surface area contributed by atoms with E-state index < -0.39 is 6.29 Å². The fraction of sp³-hybridized carbons (Fsp3) is 1.00. The first kappa shape index (κ1) is 17.9. The van der Waals surface area contributed by atoms with Crippen molar-refractivity contribution in [3.05, 3.63) is 0 Å². The lowest BCUT2D eigenvalue weighted by atomic mass is 9.70. The summed E-state index contributed by atoms with van der Waals surface area (Å²) in [7, 11) is 0. The minimum atomic E-state index is -1.18. The van der Waals surface area contributed by atoms with Gasteiger partial charge >= 0.3 is 0 Å². The van der Waals surface area contributed by atoms with E-state index in [1.165, 1.54) is 44.9 Å². The van der Waals surface area contributed by atoms with Crippen molar-refractivity contribution in [1.29, 1.82) is 0 Å². The molecule has 0 fully saturated rings. The van der Waals surface area contributed by atoms with E-state index in [9.17, 15) is 10.2 Å². The molecule has 110 valence electrons. The molecule has 0 rings (SSSR count). The zero-order valence-electron chi connectivity index (χ0n) is 12.9. The summed E-state index contributed by atoms with van der Waals surface area (Å²) in [6.07, 6.45) is 9.83. The normalized spacial score (nSPS) is 16.8. The third kappa shape index (κ3) is 6.75. The second-order valence-corrected chi connectivity index (χ2v) is 6.12. The molecular formula is C16H34O2. The van der Waals surface area contributed by atoms with Crippen molar-refractivity contribution in [2.24, 2.45) is 11.3 Å². The molecule has 2 N–H and O–H groups in total. The van der Waals surface area contributed by atoms with Crippen LogP contribution in [0.3, 0.4) is 0 Å². The van der Waals surface area contributed by atoms with E-state index in [1.807, 2.05) is 6.92 Å². The van der Waals surface area contributed by atoms with Crippen LogP contribution in [0.2, 0.25) is 0 Å². The Balaban J connectivity index is 4.20. The molecule has 2 heteroatoms. The van der Waals surface area contributed by atoms with Crippen LogP contribution in [0.1, 0.15) is 85.5 Å². The average molecular weight is 258 g/mol. The van der Waals surface area contributed by atoms with Crippen LogP contribution in [0.5, 0.6) is 0 Å². The van der Waals surface area contributed by atoms with E-state index in [-0.39, 0.29) is 11.3 Å². The van der Waals surface area contributed by atoms with Gasteiger partial charge in [0.05, 0.1) is 0 Å². The lowest BCUT2D eigenvalue weighted by Gasteiger charge is -2.37. The lowest BCUT2D eigenvalue weighted by Crippen LogP contribution is -2.34. The average Bonchev–Trinajstić information content (AvgIpc) is 2.35. The van der Waals surface area contributed by atoms with Crippen LogP contribution in [0, 0.1) is 11.3 Å². The SMILES string of the molecule is CCCCCCCC(C)(CCCC)[C@@H](C)C(O)O. The highest BCUT2D eigenvalue weighted by molar-refractivity contribution is 4.81. The second kappa shape index (κ2) is 9.80. The Labute approximate surface area is 114 Å². The minimum absolute atomic E-state index is 0.0322. The second-order valence-electron chi connectivity index (χ2n) is 6.12. The van der Waals surface area contributed by atoms with Gasteiger partial charge in [-0.1, -0.05) is 72.6 Å². The molecule has 0 aromatic rings. The number of hydrogen-bond donors (Lipinski definition) is 2. The van der Waals surface area contributed by atoms with Crippen molar-refractivity contribution >= 4 is 0 Å². The summed E-state index contributed by atoms with van der Waals surface area (Å²) in [6.45, 7) is 8.64. The van der Waals surface area contributed by atoms with Gasteiger partial charge in [-0.15, -0.1) is 0 Å². The molecule has 0 aliphatic heterocycles. The van der Waals surface area contributed by atoms with E-state index in [0.717, 1.165) is 12.8 Å². The largest absolute Gasteiger partial charge is 0.368 e. The molecule has 18 heavy (non-hydrogen) atoms. The third-order valence-corrected chi connectivity index (χ3v) is 4.50. The Morgan fingerprint density at radius 2 is 1.33 bits per heavy atom. The van der Waals surface area contributed by atoms with Gasteiger partial charge in [-0.3, -0.25) is 0 Å². The highest BCUT2D eigenvalue weighted by Gasteiger charge is 2.33. The summed E-state index contributed by atoms with van der Waals surface area (Å²) in [4.78, 5) is 0. The molecule has 0 aliphatic rings. The molecule has 0 aromatic heterocycles. The molecule has 0 bridgehead atoms. The number of aliphatic hydroxyl groups is 2. The predicted octanol–water partition coefficient (Wildman–Crippen LogP) is 4.49. The first-order chi connectivity index (χ1) is 8.48. The van der Waals surface area contributed by atoms with Crippen molar-refractivity contribution in [2.45, 2.75) is 91.8 Å². The van der Waals surface area contributed by atoms with Crippen LogP contribution in [0.25, 0.3) is 0 Å². The standard InChI is InChI=1S/C16H34O2/c1-5-7-9-10-11-13-16(4,12-8-6-2)14(3)15(17)18/h14-15,17-18H,5-13H2,1-4H3/t14-,16?/m0/s1. The summed E-state index contributed by atoms with van der Waals surface area (Å²) in [6, 6.07) is 0. The summed E-state index contributed by atoms with van der Waals surface area (Å²) >= 11 is 0. The van der Waals surface area contributed by atoms with Crippen molar-refractivity contribution in [3.63, 3.8) is 0 Å². The Hall–Kier alpha value is -0.0800. The predicted molar refractivity (Wildman–Crippen MR) is 78.4 cm³/mol. The smallest absolute Gasteiger partial charge is 0.154 e. The Morgan fingerprint density at radius 3 is 1.83 bits per heavy atom. The molecule has 0 aliphatic carbocycles. The van der Waals surface area contributed by atoms with Crippen LogP contribution in [-0.4, -0.2) is 16.5 Å². The van der Waals surface area contributed by atoms with Crippen molar-refractivity contribution in [1.82, 2.24) is 0 Å². The van der Waals surface area contributed by atoms with Crippen LogP contribution >= 0.6 is 0 Å². The molecule has 2 atom stereocenters. The molecule has 0 radical (unpaired) electrons. The zero-order valence-corrected chi connectivity index (χ0v) is 12.9. The van der Waals surface area contributed by atoms with Crippen LogP contribution < -0.4 is 0 Å². The molecule has 0 heterocycles. The number of rotatable bonds is 11. The topological polar surface area (TPSA) is 40.5 Å². The van der Waals surface area contributed by atoms with Gasteiger partial charge in [-0.25, -0.2) is 0 Å². The number of aliphatic hydroxyl groups excluding tert-OH is 1. The summed E-state index contributed by atoms with van der Waals surface area (Å²) < 4.78 is 0. The lowest BCUT2D eigenvalue weighted by molar-refractivity contribution is -0.118. The molecule has 0 saturated heterocycles. The Kier molecular flexibility index (Phi) is 9.76. The maximum atomic E-state index is 9.45. The molecule has 0 amide bonds. The summed E-state index contributed by atoms with van der Waals surface area (Å²) in [5, 5.41) is 18.9. The van der Waals surface area contributed by atoms with E-state index in [4.69, 9.17) is 0 Å². The molecule has 2 nitrogen and oxygen atoms in total. The van der Waals surface area contributed by atoms with Crippen LogP contribution in [-0.2, 0) is 0 Å². The highest BCUT2D eigenvalue weighted by atomic mass is 16.5. The summed E-state index contributed by atoms with van der Waals surface area (Å²) in [5.74, 6) is -0.0322. The van der Waals surface area contributed by atoms with Gasteiger partial charge in [-0.05, 0) is 18.3 Å². The van der Waals surface area contributed by atoms with Gasteiger partial charge in [0.25, 0.3) is 0 Å². The van der Waals surface area contributed by atoms with Crippen molar-refractivity contribution < 1.29 is 10.2 Å². The van der Waals surface area contributed by atoms with Crippen LogP contribution in [0.4, 0.5) is 0 Å². The number of hydrogen-bond acceptors (Lipinski definition) is 2. The zero-order chi connectivity index (χ0) is 14.0. The highest BCUT2D eigenvalue weighted by Crippen LogP contribution is 2.39. The minimum Gasteiger partial charge on any atom is -0.368 e. The van der Waals surface area contributed by atoms with E-state index in [1.54, 1.807) is 0 Å².